The molecular weight excluding hydrogens is 238 g/mol. The van der Waals surface area contributed by atoms with Gasteiger partial charge in [0.15, 0.2) is 0 Å². The van der Waals surface area contributed by atoms with Crippen LogP contribution in [0, 0.1) is 0 Å². The maximum Gasteiger partial charge on any atom is 0.254 e. The number of nitrogens with one attached hydrogen (secondary N) is 1. The molecule has 4 heteroatoms. The van der Waals surface area contributed by atoms with Gasteiger partial charge in [-0.3, -0.25) is 4.79 Å². The van der Waals surface area contributed by atoms with E-state index in [4.69, 9.17) is 16.0 Å². The summed E-state index contributed by atoms with van der Waals surface area (Å²) in [5.41, 5.74) is 1.68. The van der Waals surface area contributed by atoms with Crippen molar-refractivity contribution in [3.05, 3.63) is 59.0 Å². The highest BCUT2D eigenvalue weighted by molar-refractivity contribution is 6.30. The zero-order chi connectivity index (χ0) is 12.1. The molecule has 1 aromatic carbocycles. The fraction of sp³-hybridized carbons (Fsp3) is 0.154. The summed E-state index contributed by atoms with van der Waals surface area (Å²) in [5, 5.41) is 3.53. The first-order chi connectivity index (χ1) is 8.25. The Hall–Kier alpha value is -1.74. The fourth-order valence-electron chi connectivity index (χ4n) is 1.47. The fourth-order valence-corrected chi connectivity index (χ4v) is 1.59. The third-order valence-corrected chi connectivity index (χ3v) is 2.65. The standard InChI is InChI=1S/C13H12ClNO2/c14-12-3-1-10(2-4-12)5-7-15-13(16)11-6-8-17-9-11/h1-4,6,8-9H,5,7H2,(H,15,16). The topological polar surface area (TPSA) is 42.2 Å². The smallest absolute Gasteiger partial charge is 0.254 e. The van der Waals surface area contributed by atoms with Crippen molar-refractivity contribution in [2.75, 3.05) is 6.54 Å². The van der Waals surface area contributed by atoms with Crippen molar-refractivity contribution in [1.29, 1.82) is 0 Å². The summed E-state index contributed by atoms with van der Waals surface area (Å²) in [7, 11) is 0. The number of carbonyl (C=O) groups excluding carboxylic acids is 1. The Labute approximate surface area is 104 Å². The van der Waals surface area contributed by atoms with Crippen LogP contribution in [0.2, 0.25) is 5.02 Å². The van der Waals surface area contributed by atoms with Gasteiger partial charge in [0.2, 0.25) is 0 Å². The molecule has 3 nitrogen and oxygen atoms in total. The summed E-state index contributed by atoms with van der Waals surface area (Å²) in [6, 6.07) is 9.22. The number of carbonyl (C=O) groups is 1. The average molecular weight is 250 g/mol. The molecule has 0 unspecified atom stereocenters. The Bertz CT molecular complexity index is 477. The second-order valence-electron chi connectivity index (χ2n) is 3.64. The van der Waals surface area contributed by atoms with Gasteiger partial charge in [-0.2, -0.15) is 0 Å². The van der Waals surface area contributed by atoms with Gasteiger partial charge in [-0.1, -0.05) is 23.7 Å². The van der Waals surface area contributed by atoms with Crippen molar-refractivity contribution in [3.63, 3.8) is 0 Å². The lowest BCUT2D eigenvalue weighted by molar-refractivity contribution is 0.0953. The summed E-state index contributed by atoms with van der Waals surface area (Å²) in [4.78, 5) is 11.6. The molecular formula is C13H12ClNO2. The molecule has 1 N–H and O–H groups in total. The predicted octanol–water partition coefficient (Wildman–Crippen LogP) is 2.91. The number of amides is 1. The molecule has 0 atom stereocenters. The van der Waals surface area contributed by atoms with Crippen molar-refractivity contribution in [1.82, 2.24) is 5.32 Å². The van der Waals surface area contributed by atoms with Crippen LogP contribution in [0.25, 0.3) is 0 Å². The largest absolute Gasteiger partial charge is 0.472 e. The highest BCUT2D eigenvalue weighted by atomic mass is 35.5. The first-order valence-corrected chi connectivity index (χ1v) is 5.68. The highest BCUT2D eigenvalue weighted by Gasteiger charge is 2.05. The van der Waals surface area contributed by atoms with Crippen LogP contribution in [0.15, 0.2) is 47.3 Å². The van der Waals surface area contributed by atoms with Gasteiger partial charge in [0.25, 0.3) is 5.91 Å². The van der Waals surface area contributed by atoms with Crippen LogP contribution in [-0.2, 0) is 6.42 Å². The molecule has 2 aromatic rings. The highest BCUT2D eigenvalue weighted by Crippen LogP contribution is 2.09. The van der Waals surface area contributed by atoms with Crippen LogP contribution in [-0.4, -0.2) is 12.5 Å². The Morgan fingerprint density at radius 1 is 1.24 bits per heavy atom. The van der Waals surface area contributed by atoms with Gasteiger partial charge in [-0.25, -0.2) is 0 Å². The van der Waals surface area contributed by atoms with E-state index in [0.29, 0.717) is 12.1 Å². The minimum absolute atomic E-state index is 0.118. The van der Waals surface area contributed by atoms with Gasteiger partial charge in [-0.05, 0) is 30.2 Å². The molecule has 2 rings (SSSR count). The van der Waals surface area contributed by atoms with E-state index in [-0.39, 0.29) is 5.91 Å². The molecule has 1 amide bonds. The van der Waals surface area contributed by atoms with Crippen molar-refractivity contribution in [2.24, 2.45) is 0 Å². The molecule has 17 heavy (non-hydrogen) atoms. The maximum atomic E-state index is 11.6. The van der Waals surface area contributed by atoms with E-state index >= 15 is 0 Å². The summed E-state index contributed by atoms with van der Waals surface area (Å²) < 4.78 is 4.84. The summed E-state index contributed by atoms with van der Waals surface area (Å²) in [6.07, 6.45) is 3.69. The molecule has 0 aliphatic heterocycles. The molecule has 0 radical (unpaired) electrons. The normalized spacial score (nSPS) is 10.2. The van der Waals surface area contributed by atoms with E-state index in [1.54, 1.807) is 6.07 Å². The second-order valence-corrected chi connectivity index (χ2v) is 4.08. The Balaban J connectivity index is 1.80. The van der Waals surface area contributed by atoms with E-state index in [1.165, 1.54) is 12.5 Å². The van der Waals surface area contributed by atoms with E-state index in [1.807, 2.05) is 24.3 Å². The van der Waals surface area contributed by atoms with Gasteiger partial charge in [0.05, 0.1) is 11.8 Å². The van der Waals surface area contributed by atoms with Gasteiger partial charge >= 0.3 is 0 Å². The van der Waals surface area contributed by atoms with Crippen LogP contribution in [0.3, 0.4) is 0 Å². The Morgan fingerprint density at radius 3 is 2.65 bits per heavy atom. The van der Waals surface area contributed by atoms with Crippen molar-refractivity contribution in [3.8, 4) is 0 Å². The molecule has 0 spiro atoms. The van der Waals surface area contributed by atoms with E-state index < -0.39 is 0 Å². The SMILES string of the molecule is O=C(NCCc1ccc(Cl)cc1)c1ccoc1. The summed E-state index contributed by atoms with van der Waals surface area (Å²) >= 11 is 5.78. The molecule has 88 valence electrons. The third-order valence-electron chi connectivity index (χ3n) is 2.40. The minimum atomic E-state index is -0.118. The molecule has 0 aliphatic rings. The third kappa shape index (κ3) is 3.36. The lowest BCUT2D eigenvalue weighted by atomic mass is 10.1. The first kappa shape index (κ1) is 11.7. The summed E-state index contributed by atoms with van der Waals surface area (Å²) in [5.74, 6) is -0.118. The quantitative estimate of drug-likeness (QED) is 0.905. The summed E-state index contributed by atoms with van der Waals surface area (Å²) in [6.45, 7) is 0.589. The first-order valence-electron chi connectivity index (χ1n) is 5.30. The monoisotopic (exact) mass is 249 g/mol. The van der Waals surface area contributed by atoms with E-state index in [9.17, 15) is 4.79 Å². The maximum absolute atomic E-state index is 11.6. The minimum Gasteiger partial charge on any atom is -0.472 e. The van der Waals surface area contributed by atoms with Crippen molar-refractivity contribution in [2.45, 2.75) is 6.42 Å². The number of benzene rings is 1. The van der Waals surface area contributed by atoms with E-state index in [2.05, 4.69) is 5.32 Å². The van der Waals surface area contributed by atoms with Gasteiger partial charge in [0, 0.05) is 11.6 Å². The lowest BCUT2D eigenvalue weighted by Gasteiger charge is -2.03. The van der Waals surface area contributed by atoms with Crippen LogP contribution >= 0.6 is 11.6 Å². The van der Waals surface area contributed by atoms with Gasteiger partial charge in [-0.15, -0.1) is 0 Å². The zero-order valence-electron chi connectivity index (χ0n) is 9.15. The lowest BCUT2D eigenvalue weighted by Crippen LogP contribution is -2.25. The van der Waals surface area contributed by atoms with Crippen molar-refractivity contribution >= 4 is 17.5 Å². The molecule has 0 saturated heterocycles. The number of hydrogen-bond donors (Lipinski definition) is 1. The number of rotatable bonds is 4. The van der Waals surface area contributed by atoms with Gasteiger partial charge in [0.1, 0.15) is 6.26 Å². The average Bonchev–Trinajstić information content (AvgIpc) is 2.85. The van der Waals surface area contributed by atoms with Crippen LogP contribution < -0.4 is 5.32 Å². The number of furan rings is 1. The molecule has 0 saturated carbocycles. The molecule has 0 bridgehead atoms. The number of halogens is 1. The van der Waals surface area contributed by atoms with Crippen LogP contribution in [0.4, 0.5) is 0 Å². The predicted molar refractivity (Wildman–Crippen MR) is 66.2 cm³/mol. The van der Waals surface area contributed by atoms with E-state index in [0.717, 1.165) is 17.0 Å². The van der Waals surface area contributed by atoms with Gasteiger partial charge < -0.3 is 9.73 Å². The Kier molecular flexibility index (Phi) is 3.83. The molecule has 1 heterocycles. The second kappa shape index (κ2) is 5.55. The molecule has 0 fully saturated rings. The van der Waals surface area contributed by atoms with Crippen LogP contribution in [0.5, 0.6) is 0 Å². The van der Waals surface area contributed by atoms with Crippen molar-refractivity contribution < 1.29 is 9.21 Å². The molecule has 0 aliphatic carbocycles. The molecule has 1 aromatic heterocycles. The Morgan fingerprint density at radius 2 is 2.00 bits per heavy atom. The number of hydrogen-bond acceptors (Lipinski definition) is 2. The van der Waals surface area contributed by atoms with Crippen LogP contribution in [0.1, 0.15) is 15.9 Å². The zero-order valence-corrected chi connectivity index (χ0v) is 9.91.